The third kappa shape index (κ3) is 3.26. The van der Waals surface area contributed by atoms with Gasteiger partial charge in [0.2, 0.25) is 0 Å². The van der Waals surface area contributed by atoms with Crippen LogP contribution in [0.15, 0.2) is 12.1 Å². The first kappa shape index (κ1) is 16.4. The first-order chi connectivity index (χ1) is 11.2. The highest BCUT2D eigenvalue weighted by atomic mass is 16.5. The molecule has 1 aromatic rings. The molecule has 2 saturated heterocycles. The van der Waals surface area contributed by atoms with E-state index in [9.17, 15) is 0 Å². The van der Waals surface area contributed by atoms with Gasteiger partial charge in [0.05, 0.1) is 21.3 Å². The Balaban J connectivity index is 1.81. The summed E-state index contributed by atoms with van der Waals surface area (Å²) >= 11 is 0. The van der Waals surface area contributed by atoms with Crippen LogP contribution in [0, 0.1) is 0 Å². The van der Waals surface area contributed by atoms with Crippen LogP contribution in [-0.2, 0) is 6.54 Å². The number of rotatable bonds is 5. The standard InChI is InChI=1S/C18H28N2O3/c1-13-10-19-7-5-6-15(19)12-20(13)11-14-8-17(22-3)18(23-4)9-16(14)21-2/h8-9,13,15H,5-7,10-12H2,1-4H3/t13-,15-/m0/s1. The highest BCUT2D eigenvalue weighted by molar-refractivity contribution is 5.50. The molecule has 0 aromatic heterocycles. The number of hydrogen-bond donors (Lipinski definition) is 0. The molecular weight excluding hydrogens is 292 g/mol. The number of ether oxygens (including phenoxy) is 3. The molecule has 0 unspecified atom stereocenters. The van der Waals surface area contributed by atoms with Crippen molar-refractivity contribution >= 4 is 0 Å². The monoisotopic (exact) mass is 320 g/mol. The second-order valence-corrected chi connectivity index (χ2v) is 6.59. The van der Waals surface area contributed by atoms with Crippen LogP contribution in [0.1, 0.15) is 25.3 Å². The normalized spacial score (nSPS) is 25.2. The molecule has 0 amide bonds. The van der Waals surface area contributed by atoms with E-state index in [0.29, 0.717) is 11.8 Å². The molecule has 1 aromatic carbocycles. The number of nitrogens with zero attached hydrogens (tertiary/aromatic N) is 2. The van der Waals surface area contributed by atoms with Gasteiger partial charge in [0.15, 0.2) is 11.5 Å². The molecule has 0 aliphatic carbocycles. The predicted octanol–water partition coefficient (Wildman–Crippen LogP) is 2.38. The summed E-state index contributed by atoms with van der Waals surface area (Å²) in [4.78, 5) is 5.21. The number of methoxy groups -OCH3 is 3. The fourth-order valence-corrected chi connectivity index (χ4v) is 3.90. The Morgan fingerprint density at radius 1 is 1.00 bits per heavy atom. The molecule has 5 heteroatoms. The van der Waals surface area contributed by atoms with Crippen molar-refractivity contribution in [2.75, 3.05) is 41.0 Å². The summed E-state index contributed by atoms with van der Waals surface area (Å²) in [6.07, 6.45) is 2.66. The quantitative estimate of drug-likeness (QED) is 0.832. The lowest BCUT2D eigenvalue weighted by Crippen LogP contribution is -2.54. The van der Waals surface area contributed by atoms with Gasteiger partial charge < -0.3 is 14.2 Å². The van der Waals surface area contributed by atoms with Gasteiger partial charge in [-0.1, -0.05) is 0 Å². The van der Waals surface area contributed by atoms with Crippen molar-refractivity contribution < 1.29 is 14.2 Å². The minimum absolute atomic E-state index is 0.558. The fourth-order valence-electron chi connectivity index (χ4n) is 3.90. The highest BCUT2D eigenvalue weighted by Gasteiger charge is 2.34. The topological polar surface area (TPSA) is 34.2 Å². The maximum atomic E-state index is 5.58. The van der Waals surface area contributed by atoms with E-state index in [2.05, 4.69) is 16.7 Å². The zero-order valence-corrected chi connectivity index (χ0v) is 14.7. The van der Waals surface area contributed by atoms with Crippen molar-refractivity contribution in [3.8, 4) is 17.2 Å². The second-order valence-electron chi connectivity index (χ2n) is 6.59. The van der Waals surface area contributed by atoms with Crippen molar-refractivity contribution in [2.24, 2.45) is 0 Å². The van der Waals surface area contributed by atoms with Crippen molar-refractivity contribution in [3.63, 3.8) is 0 Å². The molecule has 0 spiro atoms. The molecule has 0 bridgehead atoms. The zero-order chi connectivity index (χ0) is 16.4. The molecule has 0 N–H and O–H groups in total. The van der Waals surface area contributed by atoms with Gasteiger partial charge in [-0.05, 0) is 32.4 Å². The summed E-state index contributed by atoms with van der Waals surface area (Å²) in [5, 5.41) is 0. The summed E-state index contributed by atoms with van der Waals surface area (Å²) in [6.45, 7) is 6.78. The summed E-state index contributed by atoms with van der Waals surface area (Å²) in [6, 6.07) is 5.25. The zero-order valence-electron chi connectivity index (χ0n) is 14.7. The molecule has 3 rings (SSSR count). The van der Waals surface area contributed by atoms with Gasteiger partial charge >= 0.3 is 0 Å². The van der Waals surface area contributed by atoms with Crippen LogP contribution >= 0.6 is 0 Å². The molecule has 2 fully saturated rings. The minimum atomic E-state index is 0.558. The molecule has 2 atom stereocenters. The van der Waals surface area contributed by atoms with Gasteiger partial charge in [0.1, 0.15) is 5.75 Å². The first-order valence-electron chi connectivity index (χ1n) is 8.43. The number of benzene rings is 1. The van der Waals surface area contributed by atoms with Crippen molar-refractivity contribution in [2.45, 2.75) is 38.4 Å². The van der Waals surface area contributed by atoms with E-state index in [1.165, 1.54) is 25.9 Å². The molecule has 0 saturated carbocycles. The summed E-state index contributed by atoms with van der Waals surface area (Å²) in [5.74, 6) is 2.33. The summed E-state index contributed by atoms with van der Waals surface area (Å²) in [5.41, 5.74) is 1.16. The van der Waals surface area contributed by atoms with E-state index in [0.717, 1.165) is 36.2 Å². The molecule has 0 radical (unpaired) electrons. The van der Waals surface area contributed by atoms with Gasteiger partial charge in [-0.25, -0.2) is 0 Å². The Kier molecular flexibility index (Phi) is 4.97. The molecule has 2 heterocycles. The van der Waals surface area contributed by atoms with Crippen LogP contribution in [0.2, 0.25) is 0 Å². The van der Waals surface area contributed by atoms with Crippen LogP contribution in [-0.4, -0.2) is 62.8 Å². The van der Waals surface area contributed by atoms with Crippen LogP contribution in [0.25, 0.3) is 0 Å². The molecule has 23 heavy (non-hydrogen) atoms. The number of hydrogen-bond acceptors (Lipinski definition) is 5. The Morgan fingerprint density at radius 3 is 2.39 bits per heavy atom. The first-order valence-corrected chi connectivity index (χ1v) is 8.43. The Hall–Kier alpha value is -1.46. The van der Waals surface area contributed by atoms with E-state index >= 15 is 0 Å². The van der Waals surface area contributed by atoms with Gasteiger partial charge in [-0.3, -0.25) is 9.80 Å². The lowest BCUT2D eigenvalue weighted by molar-refractivity contribution is 0.0535. The molecule has 128 valence electrons. The van der Waals surface area contributed by atoms with Gasteiger partial charge in [-0.15, -0.1) is 0 Å². The average molecular weight is 320 g/mol. The van der Waals surface area contributed by atoms with E-state index in [4.69, 9.17) is 14.2 Å². The average Bonchev–Trinajstić information content (AvgIpc) is 3.01. The largest absolute Gasteiger partial charge is 0.496 e. The summed E-state index contributed by atoms with van der Waals surface area (Å²) in [7, 11) is 5.04. The van der Waals surface area contributed by atoms with Gasteiger partial charge in [-0.2, -0.15) is 0 Å². The number of fused-ring (bicyclic) bond motifs is 1. The molecule has 5 nitrogen and oxygen atoms in total. The number of piperazine rings is 1. The lowest BCUT2D eigenvalue weighted by atomic mass is 10.1. The maximum Gasteiger partial charge on any atom is 0.164 e. The van der Waals surface area contributed by atoms with E-state index in [1.807, 2.05) is 12.1 Å². The minimum Gasteiger partial charge on any atom is -0.496 e. The Labute approximate surface area is 139 Å². The molecule has 2 aliphatic heterocycles. The van der Waals surface area contributed by atoms with Crippen molar-refractivity contribution in [3.05, 3.63) is 17.7 Å². The summed E-state index contributed by atoms with van der Waals surface area (Å²) < 4.78 is 16.4. The maximum absolute atomic E-state index is 5.58. The van der Waals surface area contributed by atoms with Gasteiger partial charge in [0.25, 0.3) is 0 Å². The Bertz CT molecular complexity index is 549. The highest BCUT2D eigenvalue weighted by Crippen LogP contribution is 2.36. The lowest BCUT2D eigenvalue weighted by Gasteiger charge is -2.42. The van der Waals surface area contributed by atoms with E-state index in [1.54, 1.807) is 21.3 Å². The van der Waals surface area contributed by atoms with Crippen LogP contribution in [0.3, 0.4) is 0 Å². The third-order valence-corrected chi connectivity index (χ3v) is 5.23. The van der Waals surface area contributed by atoms with Crippen LogP contribution in [0.4, 0.5) is 0 Å². The SMILES string of the molecule is COc1cc(OC)c(OC)cc1CN1C[C@@H]2CCCN2C[C@@H]1C. The van der Waals surface area contributed by atoms with Crippen LogP contribution < -0.4 is 14.2 Å². The van der Waals surface area contributed by atoms with Gasteiger partial charge in [0, 0.05) is 43.3 Å². The van der Waals surface area contributed by atoms with E-state index < -0.39 is 0 Å². The second kappa shape index (κ2) is 6.97. The van der Waals surface area contributed by atoms with Crippen molar-refractivity contribution in [1.82, 2.24) is 9.80 Å². The molecular formula is C18H28N2O3. The fraction of sp³-hybridized carbons (Fsp3) is 0.667. The predicted molar refractivity (Wildman–Crippen MR) is 90.6 cm³/mol. The smallest absolute Gasteiger partial charge is 0.164 e. The third-order valence-electron chi connectivity index (χ3n) is 5.23. The Morgan fingerprint density at radius 2 is 1.70 bits per heavy atom. The molecule has 2 aliphatic rings. The van der Waals surface area contributed by atoms with Crippen LogP contribution in [0.5, 0.6) is 17.2 Å². The van der Waals surface area contributed by atoms with Crippen molar-refractivity contribution in [1.29, 1.82) is 0 Å². The van der Waals surface area contributed by atoms with E-state index in [-0.39, 0.29) is 0 Å².